The molecule has 0 spiro atoms. The molecule has 52 valence electrons. The molecule has 0 aliphatic rings. The van der Waals surface area contributed by atoms with Crippen LogP contribution in [-0.4, -0.2) is 0 Å². The van der Waals surface area contributed by atoms with Gasteiger partial charge in [-0.3, -0.25) is 0 Å². The average Bonchev–Trinajstić information content (AvgIpc) is 1.89. The topological polar surface area (TPSA) is 28.1 Å². The molecule has 1 aromatic carbocycles. The van der Waals surface area contributed by atoms with Crippen molar-refractivity contribution in [1.29, 1.82) is 5.39 Å². The first kappa shape index (κ1) is 9.05. The van der Waals surface area contributed by atoms with Crippen molar-refractivity contribution in [3.8, 4) is 0 Å². The summed E-state index contributed by atoms with van der Waals surface area (Å²) < 4.78 is 0.799. The van der Waals surface area contributed by atoms with Gasteiger partial charge in [0.05, 0.1) is 0 Å². The molecule has 1 rings (SSSR count). The number of halogens is 2. The van der Waals surface area contributed by atoms with Crippen LogP contribution in [0.3, 0.4) is 0 Å². The lowest BCUT2D eigenvalue weighted by atomic mass is 10.3. The summed E-state index contributed by atoms with van der Waals surface area (Å²) in [6.45, 7) is 0. The van der Waals surface area contributed by atoms with E-state index in [4.69, 9.17) is 5.39 Å². The maximum atomic E-state index is 8.31. The molecule has 2 nitrogen and oxygen atoms in total. The van der Waals surface area contributed by atoms with Gasteiger partial charge in [-0.25, -0.2) is 0 Å². The van der Waals surface area contributed by atoms with E-state index >= 15 is 0 Å². The highest BCUT2D eigenvalue weighted by molar-refractivity contribution is 9.10. The number of diazo groups is 1. The van der Waals surface area contributed by atoms with Crippen LogP contribution in [0.2, 0.25) is 0 Å². The summed E-state index contributed by atoms with van der Waals surface area (Å²) in [6, 6.07) is 7.19. The molecular formula is C6H4BrFN2. The summed E-state index contributed by atoms with van der Waals surface area (Å²) in [5, 5.41) is 8.31. The van der Waals surface area contributed by atoms with Crippen LogP contribution >= 0.6 is 15.9 Å². The molecule has 0 aliphatic carbocycles. The van der Waals surface area contributed by atoms with E-state index in [1.165, 1.54) is 0 Å². The molecule has 0 unspecified atom stereocenters. The largest absolute Gasteiger partial charge is 1.00 e. The number of rotatable bonds is 0. The Bertz CT molecular complexity index is 256. The minimum atomic E-state index is 0. The van der Waals surface area contributed by atoms with E-state index in [-0.39, 0.29) is 4.70 Å². The lowest BCUT2D eigenvalue weighted by Crippen LogP contribution is -3.00. The van der Waals surface area contributed by atoms with E-state index in [2.05, 4.69) is 20.9 Å². The van der Waals surface area contributed by atoms with Crippen molar-refractivity contribution in [2.75, 3.05) is 0 Å². The second kappa shape index (κ2) is 3.96. The van der Waals surface area contributed by atoms with Crippen LogP contribution in [0, 0.1) is 5.39 Å². The molecule has 0 saturated carbocycles. The molecule has 0 bridgehead atoms. The molecule has 4 heteroatoms. The Morgan fingerprint density at radius 1 is 1.30 bits per heavy atom. The fourth-order valence-electron chi connectivity index (χ4n) is 0.533. The summed E-state index contributed by atoms with van der Waals surface area (Å²) in [7, 11) is 0. The van der Waals surface area contributed by atoms with Crippen LogP contribution in [-0.2, 0) is 0 Å². The van der Waals surface area contributed by atoms with Crippen molar-refractivity contribution in [2.24, 2.45) is 0 Å². The number of benzene rings is 1. The van der Waals surface area contributed by atoms with Gasteiger partial charge in [-0.2, -0.15) is 0 Å². The Morgan fingerprint density at radius 3 is 2.30 bits per heavy atom. The van der Waals surface area contributed by atoms with Crippen LogP contribution in [0.15, 0.2) is 28.7 Å². The third-order valence-corrected chi connectivity index (χ3v) is 1.63. The van der Waals surface area contributed by atoms with Gasteiger partial charge in [-0.05, 0) is 22.0 Å². The van der Waals surface area contributed by atoms with Gasteiger partial charge in [0, 0.05) is 6.07 Å². The minimum absolute atomic E-state index is 0. The number of hydrogen-bond donors (Lipinski definition) is 0. The van der Waals surface area contributed by atoms with Gasteiger partial charge in [0.1, 0.15) is 4.47 Å². The van der Waals surface area contributed by atoms with Crippen molar-refractivity contribution < 1.29 is 4.70 Å². The molecule has 0 aromatic heterocycles. The Balaban J connectivity index is 0.000000810. The van der Waals surface area contributed by atoms with Gasteiger partial charge in [-0.15, -0.1) is 0 Å². The minimum Gasteiger partial charge on any atom is -1.00 e. The van der Waals surface area contributed by atoms with Crippen LogP contribution in [0.1, 0.15) is 0 Å². The SMILES string of the molecule is N#[N+]c1ccccc1Br.[F-]. The first-order valence-electron chi connectivity index (χ1n) is 2.44. The van der Waals surface area contributed by atoms with Gasteiger partial charge in [0.2, 0.25) is 5.39 Å². The quantitative estimate of drug-likeness (QED) is 0.543. The molecule has 0 atom stereocenters. The van der Waals surface area contributed by atoms with E-state index in [1.807, 2.05) is 12.1 Å². The second-order valence-corrected chi connectivity index (χ2v) is 2.41. The van der Waals surface area contributed by atoms with Crippen molar-refractivity contribution >= 4 is 21.6 Å². The van der Waals surface area contributed by atoms with Crippen LogP contribution in [0.25, 0.3) is 4.98 Å². The zero-order valence-corrected chi connectivity index (χ0v) is 6.55. The predicted octanol–water partition coefficient (Wildman–Crippen LogP) is -0.0623. The monoisotopic (exact) mass is 202 g/mol. The Hall–Kier alpha value is -0.950. The third kappa shape index (κ3) is 1.78. The molecule has 0 amide bonds. The van der Waals surface area contributed by atoms with Gasteiger partial charge in [0.25, 0.3) is 0 Å². The molecule has 10 heavy (non-hydrogen) atoms. The zero-order chi connectivity index (χ0) is 6.69. The molecule has 0 radical (unpaired) electrons. The van der Waals surface area contributed by atoms with Crippen LogP contribution < -0.4 is 4.70 Å². The van der Waals surface area contributed by atoms with Crippen LogP contribution in [0.5, 0.6) is 0 Å². The Labute approximate surface area is 66.0 Å². The average molecular weight is 203 g/mol. The summed E-state index contributed by atoms with van der Waals surface area (Å²) >= 11 is 3.20. The van der Waals surface area contributed by atoms with Crippen molar-refractivity contribution in [3.05, 3.63) is 33.7 Å². The van der Waals surface area contributed by atoms with E-state index < -0.39 is 0 Å². The maximum absolute atomic E-state index is 8.31. The summed E-state index contributed by atoms with van der Waals surface area (Å²) in [4.78, 5) is 3.02. The lowest BCUT2D eigenvalue weighted by molar-refractivity contribution is -0.00000192. The van der Waals surface area contributed by atoms with Crippen LogP contribution in [0.4, 0.5) is 5.69 Å². The Morgan fingerprint density at radius 2 is 1.90 bits per heavy atom. The van der Waals surface area contributed by atoms with E-state index in [9.17, 15) is 0 Å². The van der Waals surface area contributed by atoms with E-state index in [1.54, 1.807) is 12.1 Å². The first-order valence-corrected chi connectivity index (χ1v) is 3.23. The number of hydrogen-bond acceptors (Lipinski definition) is 1. The first-order chi connectivity index (χ1) is 4.34. The van der Waals surface area contributed by atoms with E-state index in [0.717, 1.165) is 4.47 Å². The summed E-state index contributed by atoms with van der Waals surface area (Å²) in [5.74, 6) is 0. The molecule has 0 fully saturated rings. The molecule has 0 N–H and O–H groups in total. The van der Waals surface area contributed by atoms with Gasteiger partial charge in [0.15, 0.2) is 4.98 Å². The summed E-state index contributed by atoms with van der Waals surface area (Å²) in [6.07, 6.45) is 0. The highest BCUT2D eigenvalue weighted by atomic mass is 79.9. The van der Waals surface area contributed by atoms with E-state index in [0.29, 0.717) is 5.69 Å². The second-order valence-electron chi connectivity index (χ2n) is 1.55. The van der Waals surface area contributed by atoms with Crippen molar-refractivity contribution in [1.82, 2.24) is 0 Å². The summed E-state index contributed by atoms with van der Waals surface area (Å²) in [5.41, 5.74) is 0.553. The fraction of sp³-hybridized carbons (Fsp3) is 0. The molecular weight excluding hydrogens is 199 g/mol. The highest BCUT2D eigenvalue weighted by Gasteiger charge is 2.06. The normalized spacial score (nSPS) is 7.60. The number of nitrogens with zero attached hydrogens (tertiary/aromatic N) is 2. The molecule has 0 saturated heterocycles. The molecule has 1 aromatic rings. The fourth-order valence-corrected chi connectivity index (χ4v) is 0.897. The third-order valence-electron chi connectivity index (χ3n) is 0.960. The van der Waals surface area contributed by atoms with Crippen molar-refractivity contribution in [3.63, 3.8) is 0 Å². The van der Waals surface area contributed by atoms with Gasteiger partial charge >= 0.3 is 5.69 Å². The predicted molar refractivity (Wildman–Crippen MR) is 38.9 cm³/mol. The maximum Gasteiger partial charge on any atom is 0.399 e. The zero-order valence-electron chi connectivity index (χ0n) is 4.96. The standard InChI is InChI=1S/C6H4BrN2.FH/c7-5-3-1-2-4-6(5)9-8;/h1-4H;1H/q+1;/p-1. The van der Waals surface area contributed by atoms with Crippen molar-refractivity contribution in [2.45, 2.75) is 0 Å². The Kier molecular flexibility index (Phi) is 3.59. The van der Waals surface area contributed by atoms with Gasteiger partial charge < -0.3 is 4.70 Å². The smallest absolute Gasteiger partial charge is 0.399 e. The lowest BCUT2D eigenvalue weighted by Gasteiger charge is -1.78. The highest BCUT2D eigenvalue weighted by Crippen LogP contribution is 2.23. The molecule has 0 heterocycles. The van der Waals surface area contributed by atoms with Gasteiger partial charge in [-0.1, -0.05) is 12.1 Å². The molecule has 0 aliphatic heterocycles.